The summed E-state index contributed by atoms with van der Waals surface area (Å²) in [5.74, 6) is 0.699. The summed E-state index contributed by atoms with van der Waals surface area (Å²) in [6, 6.07) is 7.22. The van der Waals surface area contributed by atoms with Gasteiger partial charge >= 0.3 is 5.97 Å². The van der Waals surface area contributed by atoms with Crippen LogP contribution in [0.3, 0.4) is 0 Å². The van der Waals surface area contributed by atoms with Crippen LogP contribution in [-0.2, 0) is 11.2 Å². The zero-order valence-electron chi connectivity index (χ0n) is 20.9. The monoisotopic (exact) mass is 472 g/mol. The Morgan fingerprint density at radius 1 is 0.879 bits per heavy atom. The van der Waals surface area contributed by atoms with E-state index in [-0.39, 0.29) is 5.41 Å². The molecule has 1 unspecified atom stereocenters. The second kappa shape index (κ2) is 14.3. The molecule has 0 aliphatic carbocycles. The zero-order chi connectivity index (χ0) is 24.1. The lowest BCUT2D eigenvalue weighted by Crippen LogP contribution is -2.32. The van der Waals surface area contributed by atoms with Gasteiger partial charge in [0.15, 0.2) is 5.82 Å². The Hall–Kier alpha value is -1.94. The van der Waals surface area contributed by atoms with Crippen LogP contribution in [0.1, 0.15) is 97.5 Å². The largest absolute Gasteiger partial charge is 0.425 e. The smallest absolute Gasteiger partial charge is 0.329 e. The second-order valence-corrected chi connectivity index (χ2v) is 10.5. The molecule has 1 aromatic heterocycles. The average molecular weight is 473 g/mol. The number of alkyl halides is 1. The molecule has 2 rings (SSSR count). The average Bonchev–Trinajstić information content (AvgIpc) is 2.80. The highest BCUT2D eigenvalue weighted by Gasteiger charge is 2.30. The summed E-state index contributed by atoms with van der Waals surface area (Å²) >= 11 is 6.19. The molecule has 2 aromatic rings. The van der Waals surface area contributed by atoms with Crippen LogP contribution in [0.25, 0.3) is 11.4 Å². The van der Waals surface area contributed by atoms with Gasteiger partial charge in [-0.3, -0.25) is 4.79 Å². The van der Waals surface area contributed by atoms with Gasteiger partial charge in [0.25, 0.3) is 0 Å². The fourth-order valence-corrected chi connectivity index (χ4v) is 3.69. The van der Waals surface area contributed by atoms with E-state index in [1.807, 2.05) is 45.3 Å². The maximum absolute atomic E-state index is 12.2. The van der Waals surface area contributed by atoms with Crippen LogP contribution in [-0.4, -0.2) is 21.3 Å². The molecule has 1 heterocycles. The van der Waals surface area contributed by atoms with Gasteiger partial charge in [-0.25, -0.2) is 9.97 Å². The number of carbonyl (C=O) groups excluding carboxylic acids is 1. The predicted molar refractivity (Wildman–Crippen MR) is 138 cm³/mol. The van der Waals surface area contributed by atoms with Gasteiger partial charge in [-0.2, -0.15) is 0 Å². The minimum absolute atomic E-state index is 0.359. The van der Waals surface area contributed by atoms with Crippen molar-refractivity contribution in [1.82, 2.24) is 9.97 Å². The molecule has 1 aromatic carbocycles. The normalized spacial score (nSPS) is 12.5. The van der Waals surface area contributed by atoms with E-state index in [4.69, 9.17) is 16.3 Å². The molecule has 5 heteroatoms. The number of rotatable bonds is 14. The van der Waals surface area contributed by atoms with Crippen molar-refractivity contribution in [3.63, 3.8) is 0 Å². The number of hydrogen-bond donors (Lipinski definition) is 0. The topological polar surface area (TPSA) is 52.1 Å². The number of benzene rings is 1. The third kappa shape index (κ3) is 10.2. The quantitative estimate of drug-likeness (QED) is 0.120. The van der Waals surface area contributed by atoms with Gasteiger partial charge in [0, 0.05) is 18.0 Å². The fourth-order valence-electron chi connectivity index (χ4n) is 3.64. The van der Waals surface area contributed by atoms with E-state index in [9.17, 15) is 4.79 Å². The van der Waals surface area contributed by atoms with Gasteiger partial charge < -0.3 is 4.74 Å². The number of hydrogen-bond acceptors (Lipinski definition) is 4. The lowest BCUT2D eigenvalue weighted by molar-refractivity contribution is -0.135. The number of carbonyl (C=O) groups is 1. The first-order valence-corrected chi connectivity index (χ1v) is 13.0. The molecule has 0 spiro atoms. The Bertz CT molecular complexity index is 813. The number of aryl methyl sites for hydroxylation is 1. The third-order valence-electron chi connectivity index (χ3n) is 5.82. The van der Waals surface area contributed by atoms with E-state index in [0.29, 0.717) is 11.6 Å². The lowest BCUT2D eigenvalue weighted by atomic mass is 9.92. The van der Waals surface area contributed by atoms with Crippen LogP contribution in [0.15, 0.2) is 36.7 Å². The summed E-state index contributed by atoms with van der Waals surface area (Å²) < 4.78 is 5.40. The van der Waals surface area contributed by atoms with E-state index in [1.165, 1.54) is 69.8 Å². The van der Waals surface area contributed by atoms with Crippen LogP contribution in [0, 0.1) is 5.41 Å². The highest BCUT2D eigenvalue weighted by atomic mass is 35.5. The van der Waals surface area contributed by atoms with Crippen molar-refractivity contribution in [3.8, 4) is 17.1 Å². The summed E-state index contributed by atoms with van der Waals surface area (Å²) in [5.41, 5.74) is 1.71. The molecule has 0 bridgehead atoms. The zero-order valence-corrected chi connectivity index (χ0v) is 21.7. The van der Waals surface area contributed by atoms with Gasteiger partial charge in [0.1, 0.15) is 11.1 Å². The number of nitrogens with zero attached hydrogens (tertiary/aromatic N) is 2. The van der Waals surface area contributed by atoms with E-state index in [1.54, 1.807) is 12.1 Å². The second-order valence-electron chi connectivity index (χ2n) is 10.0. The molecule has 0 amide bonds. The summed E-state index contributed by atoms with van der Waals surface area (Å²) in [7, 11) is 0. The van der Waals surface area contributed by atoms with Gasteiger partial charge in [-0.1, -0.05) is 85.5 Å². The molecule has 4 nitrogen and oxygen atoms in total. The minimum atomic E-state index is -0.705. The Balaban J connectivity index is 1.71. The van der Waals surface area contributed by atoms with E-state index in [0.717, 1.165) is 12.0 Å². The molecule has 0 radical (unpaired) electrons. The van der Waals surface area contributed by atoms with Crippen molar-refractivity contribution >= 4 is 17.6 Å². The Morgan fingerprint density at radius 3 is 1.91 bits per heavy atom. The number of esters is 1. The molecule has 0 fully saturated rings. The first kappa shape index (κ1) is 27.3. The molecular formula is C28H41ClN2O2. The fraction of sp³-hybridized carbons (Fsp3) is 0.607. The van der Waals surface area contributed by atoms with Crippen molar-refractivity contribution < 1.29 is 9.53 Å². The van der Waals surface area contributed by atoms with E-state index < -0.39 is 11.3 Å². The van der Waals surface area contributed by atoms with Crippen molar-refractivity contribution in [3.05, 3.63) is 42.2 Å². The summed E-state index contributed by atoms with van der Waals surface area (Å²) in [6.07, 6.45) is 18.3. The maximum Gasteiger partial charge on any atom is 0.329 e. The van der Waals surface area contributed by atoms with Crippen molar-refractivity contribution in [2.24, 2.45) is 5.41 Å². The lowest BCUT2D eigenvalue weighted by Gasteiger charge is -2.23. The molecule has 0 saturated carbocycles. The van der Waals surface area contributed by atoms with Gasteiger partial charge in [0.2, 0.25) is 0 Å². The summed E-state index contributed by atoms with van der Waals surface area (Å²) in [5, 5.41) is -0.705. The highest BCUT2D eigenvalue weighted by molar-refractivity contribution is 6.30. The maximum atomic E-state index is 12.2. The number of ether oxygens (including phenoxy) is 1. The Morgan fingerprint density at radius 2 is 1.39 bits per heavy atom. The number of aromatic nitrogens is 2. The molecule has 33 heavy (non-hydrogen) atoms. The van der Waals surface area contributed by atoms with E-state index in [2.05, 4.69) is 16.9 Å². The molecule has 0 aliphatic heterocycles. The number of halogens is 1. The molecule has 1 atom stereocenters. The molecule has 0 N–H and O–H groups in total. The highest BCUT2D eigenvalue weighted by Crippen LogP contribution is 2.27. The van der Waals surface area contributed by atoms with Crippen LogP contribution < -0.4 is 4.74 Å². The molecule has 182 valence electrons. The Kier molecular flexibility index (Phi) is 11.9. The van der Waals surface area contributed by atoms with E-state index >= 15 is 0 Å². The van der Waals surface area contributed by atoms with Crippen molar-refractivity contribution in [2.75, 3.05) is 0 Å². The molecule has 0 saturated heterocycles. The van der Waals surface area contributed by atoms with Crippen LogP contribution in [0.5, 0.6) is 5.75 Å². The molecular weight excluding hydrogens is 432 g/mol. The third-order valence-corrected chi connectivity index (χ3v) is 6.66. The van der Waals surface area contributed by atoms with Crippen molar-refractivity contribution in [1.29, 1.82) is 0 Å². The standard InChI is InChI=1S/C28H41ClN2O2/c1-5-6-7-8-9-10-11-12-13-14-15-22-20-30-26(31-21-22)23-16-18-24(19-17-23)33-27(32)25(29)28(2,3)4/h16-21,25H,5-15H2,1-4H3. The summed E-state index contributed by atoms with van der Waals surface area (Å²) in [6.45, 7) is 7.99. The van der Waals surface area contributed by atoms with Crippen molar-refractivity contribution in [2.45, 2.75) is 104 Å². The first-order valence-electron chi connectivity index (χ1n) is 12.6. The predicted octanol–water partition coefficient (Wildman–Crippen LogP) is 8.17. The SMILES string of the molecule is CCCCCCCCCCCCc1cnc(-c2ccc(OC(=O)C(Cl)C(C)(C)C)cc2)nc1. The number of unbranched alkanes of at least 4 members (excludes halogenated alkanes) is 9. The first-order chi connectivity index (χ1) is 15.8. The summed E-state index contributed by atoms with van der Waals surface area (Å²) in [4.78, 5) is 21.2. The minimum Gasteiger partial charge on any atom is -0.425 e. The van der Waals surface area contributed by atoms with Crippen LogP contribution in [0.4, 0.5) is 0 Å². The Labute approximate surface area is 205 Å². The molecule has 0 aliphatic rings. The van der Waals surface area contributed by atoms with Gasteiger partial charge in [-0.15, -0.1) is 11.6 Å². The van der Waals surface area contributed by atoms with Crippen LogP contribution >= 0.6 is 11.6 Å². The van der Waals surface area contributed by atoms with Crippen LogP contribution in [0.2, 0.25) is 0 Å². The van der Waals surface area contributed by atoms with Gasteiger partial charge in [0.05, 0.1) is 0 Å². The van der Waals surface area contributed by atoms with Gasteiger partial charge in [-0.05, 0) is 48.1 Å².